The van der Waals surface area contributed by atoms with Gasteiger partial charge >= 0.3 is 0 Å². The number of rotatable bonds is 8. The van der Waals surface area contributed by atoms with Gasteiger partial charge in [-0.2, -0.15) is 0 Å². The Morgan fingerprint density at radius 3 is 1.40 bits per heavy atom. The van der Waals surface area contributed by atoms with Gasteiger partial charge in [0.05, 0.1) is 0 Å². The molecule has 0 radical (unpaired) electrons. The fraction of sp³-hybridized carbons (Fsp3) is 0.0833. The van der Waals surface area contributed by atoms with Crippen LogP contribution in [-0.4, -0.2) is 0 Å². The Hall–Kier alpha value is -6.12. The van der Waals surface area contributed by atoms with Gasteiger partial charge in [-0.15, -0.1) is 0 Å². The normalized spacial score (nSPS) is 14.3. The molecule has 0 amide bonds. The maximum absolute atomic E-state index is 2.35. The smallest absolute Gasteiger partial charge is 0.0468 e. The van der Waals surface area contributed by atoms with Crippen LogP contribution in [0, 0.1) is 12.8 Å². The SMILES string of the molecule is Cc1ccc(N(C2=CCC(C)C=C2)c2ccc(C=Cc3ccc(N(c4ccc5ccccc5c4)c4ccc5ccccc5c4)cc3)cc2)cc1. The molecule has 0 bridgehead atoms. The van der Waals surface area contributed by atoms with Crippen molar-refractivity contribution < 1.29 is 0 Å². The minimum Gasteiger partial charge on any atom is -0.311 e. The number of fused-ring (bicyclic) bond motifs is 2. The molecule has 0 saturated heterocycles. The zero-order valence-corrected chi connectivity index (χ0v) is 28.6. The predicted octanol–water partition coefficient (Wildman–Crippen LogP) is 13.6. The average molecular weight is 645 g/mol. The second kappa shape index (κ2) is 13.8. The lowest BCUT2D eigenvalue weighted by molar-refractivity contribution is 0.728. The van der Waals surface area contributed by atoms with Gasteiger partial charge < -0.3 is 9.80 Å². The minimum atomic E-state index is 0.570. The molecule has 242 valence electrons. The van der Waals surface area contributed by atoms with Crippen LogP contribution in [0.1, 0.15) is 30.0 Å². The molecule has 50 heavy (non-hydrogen) atoms. The summed E-state index contributed by atoms with van der Waals surface area (Å²) in [6.45, 7) is 4.40. The molecule has 0 heterocycles. The molecule has 0 aliphatic heterocycles. The number of hydrogen-bond acceptors (Lipinski definition) is 2. The highest BCUT2D eigenvalue weighted by molar-refractivity contribution is 5.92. The predicted molar refractivity (Wildman–Crippen MR) is 216 cm³/mol. The second-order valence-electron chi connectivity index (χ2n) is 13.3. The molecule has 0 N–H and O–H groups in total. The van der Waals surface area contributed by atoms with Gasteiger partial charge in [-0.3, -0.25) is 0 Å². The van der Waals surface area contributed by atoms with Crippen LogP contribution in [-0.2, 0) is 0 Å². The van der Waals surface area contributed by atoms with E-state index in [4.69, 9.17) is 0 Å². The van der Waals surface area contributed by atoms with E-state index in [0.717, 1.165) is 40.3 Å². The van der Waals surface area contributed by atoms with Crippen LogP contribution in [0.2, 0.25) is 0 Å². The van der Waals surface area contributed by atoms with Gasteiger partial charge in [-0.05, 0) is 119 Å². The molecule has 7 aromatic carbocycles. The Kier molecular flexibility index (Phi) is 8.59. The van der Waals surface area contributed by atoms with Crippen LogP contribution in [0.3, 0.4) is 0 Å². The lowest BCUT2D eigenvalue weighted by Crippen LogP contribution is -2.17. The third-order valence-electron chi connectivity index (χ3n) is 9.60. The molecule has 1 aliphatic carbocycles. The average Bonchev–Trinajstić information content (AvgIpc) is 3.16. The van der Waals surface area contributed by atoms with E-state index in [-0.39, 0.29) is 0 Å². The summed E-state index contributed by atoms with van der Waals surface area (Å²) in [4.78, 5) is 4.70. The third kappa shape index (κ3) is 6.61. The molecule has 7 aromatic rings. The molecular formula is C48H40N2. The van der Waals surface area contributed by atoms with Crippen molar-refractivity contribution in [3.63, 3.8) is 0 Å². The van der Waals surface area contributed by atoms with Crippen molar-refractivity contribution >= 4 is 62.1 Å². The number of allylic oxidation sites excluding steroid dienone is 3. The Morgan fingerprint density at radius 2 is 0.920 bits per heavy atom. The number of nitrogens with zero attached hydrogens (tertiary/aromatic N) is 2. The maximum atomic E-state index is 2.35. The molecule has 0 aromatic heterocycles. The summed E-state index contributed by atoms with van der Waals surface area (Å²) in [5, 5.41) is 4.93. The van der Waals surface area contributed by atoms with E-state index in [2.05, 4.69) is 212 Å². The minimum absolute atomic E-state index is 0.570. The van der Waals surface area contributed by atoms with Crippen LogP contribution >= 0.6 is 0 Å². The monoisotopic (exact) mass is 644 g/mol. The lowest BCUT2D eigenvalue weighted by Gasteiger charge is -2.28. The van der Waals surface area contributed by atoms with Gasteiger partial charge in [0.15, 0.2) is 0 Å². The van der Waals surface area contributed by atoms with Crippen LogP contribution in [0.15, 0.2) is 182 Å². The number of anilines is 5. The summed E-state index contributed by atoms with van der Waals surface area (Å²) in [6.07, 6.45) is 12.4. The summed E-state index contributed by atoms with van der Waals surface area (Å²) in [5.41, 5.74) is 10.5. The van der Waals surface area contributed by atoms with E-state index < -0.39 is 0 Å². The van der Waals surface area contributed by atoms with Gasteiger partial charge in [-0.1, -0.05) is 134 Å². The van der Waals surface area contributed by atoms with Crippen molar-refractivity contribution in [1.29, 1.82) is 0 Å². The Morgan fingerprint density at radius 1 is 0.480 bits per heavy atom. The standard InChI is InChI=1S/C48H40N2/c1-35-11-23-43(24-12-35)49(44-25-13-36(2)14-26-44)45-27-17-37(18-28-45)15-16-38-19-29-46(30-20-38)50(47-31-21-39-7-3-5-9-41(39)33-47)48-32-22-40-8-4-6-10-42(40)34-48/h3-13,15-34,36H,14H2,1-2H3. The van der Waals surface area contributed by atoms with Crippen molar-refractivity contribution in [1.82, 2.24) is 0 Å². The highest BCUT2D eigenvalue weighted by Crippen LogP contribution is 2.38. The molecule has 8 rings (SSSR count). The highest BCUT2D eigenvalue weighted by atomic mass is 15.1. The van der Waals surface area contributed by atoms with Crippen LogP contribution < -0.4 is 9.80 Å². The van der Waals surface area contributed by atoms with Gasteiger partial charge in [0, 0.05) is 34.1 Å². The fourth-order valence-corrected chi connectivity index (χ4v) is 6.76. The van der Waals surface area contributed by atoms with Crippen LogP contribution in [0.5, 0.6) is 0 Å². The van der Waals surface area contributed by atoms with Crippen molar-refractivity contribution in [2.24, 2.45) is 5.92 Å². The first kappa shape index (κ1) is 31.2. The van der Waals surface area contributed by atoms with Gasteiger partial charge in [0.2, 0.25) is 0 Å². The fourth-order valence-electron chi connectivity index (χ4n) is 6.76. The van der Waals surface area contributed by atoms with E-state index in [0.29, 0.717) is 5.92 Å². The first-order chi connectivity index (χ1) is 24.6. The molecular weight excluding hydrogens is 605 g/mol. The quantitative estimate of drug-likeness (QED) is 0.152. The van der Waals surface area contributed by atoms with E-state index in [9.17, 15) is 0 Å². The molecule has 1 aliphatic rings. The maximum Gasteiger partial charge on any atom is 0.0468 e. The number of benzene rings is 7. The molecule has 0 spiro atoms. The van der Waals surface area contributed by atoms with Crippen LogP contribution in [0.4, 0.5) is 28.4 Å². The molecule has 2 nitrogen and oxygen atoms in total. The van der Waals surface area contributed by atoms with Crippen molar-refractivity contribution in [3.05, 3.63) is 198 Å². The van der Waals surface area contributed by atoms with Crippen molar-refractivity contribution in [2.75, 3.05) is 9.80 Å². The van der Waals surface area contributed by atoms with Gasteiger partial charge in [0.1, 0.15) is 0 Å². The summed E-state index contributed by atoms with van der Waals surface area (Å²) < 4.78 is 0. The second-order valence-corrected chi connectivity index (χ2v) is 13.3. The Labute approximate surface area is 295 Å². The van der Waals surface area contributed by atoms with E-state index >= 15 is 0 Å². The molecule has 0 fully saturated rings. The summed E-state index contributed by atoms with van der Waals surface area (Å²) >= 11 is 0. The largest absolute Gasteiger partial charge is 0.311 e. The van der Waals surface area contributed by atoms with Crippen molar-refractivity contribution in [2.45, 2.75) is 20.3 Å². The van der Waals surface area contributed by atoms with Gasteiger partial charge in [-0.25, -0.2) is 0 Å². The summed E-state index contributed by atoms with van der Waals surface area (Å²) in [7, 11) is 0. The number of aryl methyl sites for hydroxylation is 1. The van der Waals surface area contributed by atoms with E-state index in [1.165, 1.54) is 38.5 Å². The van der Waals surface area contributed by atoms with E-state index in [1.807, 2.05) is 0 Å². The topological polar surface area (TPSA) is 6.48 Å². The zero-order valence-electron chi connectivity index (χ0n) is 28.6. The van der Waals surface area contributed by atoms with Gasteiger partial charge in [0.25, 0.3) is 0 Å². The summed E-state index contributed by atoms with van der Waals surface area (Å²) in [6, 6.07) is 57.0. The third-order valence-corrected chi connectivity index (χ3v) is 9.60. The summed E-state index contributed by atoms with van der Waals surface area (Å²) in [5.74, 6) is 0.570. The Balaban J connectivity index is 1.07. The van der Waals surface area contributed by atoms with E-state index in [1.54, 1.807) is 0 Å². The first-order valence-corrected chi connectivity index (χ1v) is 17.5. The molecule has 1 atom stereocenters. The zero-order chi connectivity index (χ0) is 33.9. The molecule has 1 unspecified atom stereocenters. The number of hydrogen-bond donors (Lipinski definition) is 0. The highest BCUT2D eigenvalue weighted by Gasteiger charge is 2.16. The molecule has 0 saturated carbocycles. The molecule has 2 heteroatoms. The van der Waals surface area contributed by atoms with Crippen molar-refractivity contribution in [3.8, 4) is 0 Å². The van der Waals surface area contributed by atoms with Crippen LogP contribution in [0.25, 0.3) is 33.7 Å². The Bertz CT molecular complexity index is 2280. The lowest BCUT2D eigenvalue weighted by atomic mass is 10.00. The first-order valence-electron chi connectivity index (χ1n) is 17.5.